The molecular formula is C25H24ClFN2O5S. The van der Waals surface area contributed by atoms with Gasteiger partial charge in [0.25, 0.3) is 11.1 Å². The van der Waals surface area contributed by atoms with Crippen LogP contribution in [0.5, 0.6) is 11.5 Å². The van der Waals surface area contributed by atoms with E-state index in [1.807, 2.05) is 0 Å². The van der Waals surface area contributed by atoms with E-state index in [0.717, 1.165) is 35.9 Å². The molecule has 7 nitrogen and oxygen atoms in total. The molecule has 0 saturated carbocycles. The summed E-state index contributed by atoms with van der Waals surface area (Å²) in [6.07, 6.45) is 4.42. The monoisotopic (exact) mass is 518 g/mol. The molecule has 0 atom stereocenters. The largest absolute Gasteiger partial charge is 0.493 e. The lowest BCUT2D eigenvalue weighted by molar-refractivity contribution is -0.136. The van der Waals surface area contributed by atoms with Crippen molar-refractivity contribution in [1.82, 2.24) is 9.80 Å². The van der Waals surface area contributed by atoms with Crippen molar-refractivity contribution in [2.75, 3.05) is 26.7 Å². The molecule has 2 fully saturated rings. The Kier molecular flexibility index (Phi) is 7.97. The van der Waals surface area contributed by atoms with Gasteiger partial charge in [0.05, 0.1) is 17.0 Å². The number of carbonyl (C=O) groups excluding carboxylic acids is 3. The number of benzene rings is 2. The molecule has 2 aromatic carbocycles. The van der Waals surface area contributed by atoms with Crippen molar-refractivity contribution in [2.45, 2.75) is 25.9 Å². The van der Waals surface area contributed by atoms with E-state index in [2.05, 4.69) is 0 Å². The highest BCUT2D eigenvalue weighted by Gasteiger charge is 2.37. The molecule has 0 radical (unpaired) electrons. The van der Waals surface area contributed by atoms with E-state index in [1.54, 1.807) is 29.2 Å². The van der Waals surface area contributed by atoms with Gasteiger partial charge in [-0.1, -0.05) is 29.8 Å². The second-order valence-corrected chi connectivity index (χ2v) is 9.48. The second kappa shape index (κ2) is 11.1. The van der Waals surface area contributed by atoms with Crippen molar-refractivity contribution < 1.29 is 28.2 Å². The van der Waals surface area contributed by atoms with Gasteiger partial charge >= 0.3 is 0 Å². The average molecular weight is 519 g/mol. The van der Waals surface area contributed by atoms with Crippen LogP contribution < -0.4 is 9.47 Å². The molecule has 4 rings (SSSR count). The maximum Gasteiger partial charge on any atom is 0.294 e. The molecule has 3 amide bonds. The van der Waals surface area contributed by atoms with Crippen LogP contribution in [0.2, 0.25) is 5.02 Å². The third-order valence-electron chi connectivity index (χ3n) is 5.81. The number of nitrogens with zero attached hydrogens (tertiary/aromatic N) is 2. The summed E-state index contributed by atoms with van der Waals surface area (Å²) in [4.78, 5) is 40.9. The third kappa shape index (κ3) is 5.62. The maximum absolute atomic E-state index is 14.2. The smallest absolute Gasteiger partial charge is 0.294 e. The number of carbonyl (C=O) groups is 3. The topological polar surface area (TPSA) is 76.2 Å². The predicted octanol–water partition coefficient (Wildman–Crippen LogP) is 5.12. The molecule has 0 N–H and O–H groups in total. The Morgan fingerprint density at radius 1 is 1.14 bits per heavy atom. The molecule has 2 aliphatic rings. The molecule has 0 aliphatic carbocycles. The molecule has 0 aromatic heterocycles. The van der Waals surface area contributed by atoms with Crippen molar-refractivity contribution in [3.05, 3.63) is 63.3 Å². The number of hydrogen-bond acceptors (Lipinski definition) is 6. The first-order valence-corrected chi connectivity index (χ1v) is 12.3. The highest BCUT2D eigenvalue weighted by Crippen LogP contribution is 2.38. The lowest BCUT2D eigenvalue weighted by Gasteiger charge is -2.27. The quantitative estimate of drug-likeness (QED) is 0.474. The van der Waals surface area contributed by atoms with Crippen LogP contribution in [-0.2, 0) is 16.2 Å². The third-order valence-corrected chi connectivity index (χ3v) is 7.08. The number of thioether (sulfide) groups is 1. The maximum atomic E-state index is 14.2. The van der Waals surface area contributed by atoms with E-state index < -0.39 is 17.0 Å². The summed E-state index contributed by atoms with van der Waals surface area (Å²) < 4.78 is 25.5. The number of ether oxygens (including phenoxy) is 2. The molecule has 2 aliphatic heterocycles. The number of amides is 3. The SMILES string of the molecule is COc1cccc(/C=C2\SC(=O)N(CC(=O)N3CCCCC3)C2=O)c1OCc1c(F)cccc1Cl. The minimum absolute atomic E-state index is 0.156. The van der Waals surface area contributed by atoms with Crippen molar-refractivity contribution in [3.63, 3.8) is 0 Å². The number of halogens is 2. The van der Waals surface area contributed by atoms with Gasteiger partial charge in [0.2, 0.25) is 5.91 Å². The van der Waals surface area contributed by atoms with Crippen LogP contribution in [-0.4, -0.2) is 53.6 Å². The van der Waals surface area contributed by atoms with Gasteiger partial charge in [-0.2, -0.15) is 0 Å². The number of likely N-dealkylation sites (tertiary alicyclic amines) is 1. The summed E-state index contributed by atoms with van der Waals surface area (Å²) in [5, 5.41) is -0.281. The number of imide groups is 1. The number of hydrogen-bond donors (Lipinski definition) is 0. The number of methoxy groups -OCH3 is 1. The van der Waals surface area contributed by atoms with Crippen LogP contribution in [0.15, 0.2) is 41.3 Å². The van der Waals surface area contributed by atoms with E-state index in [4.69, 9.17) is 21.1 Å². The van der Waals surface area contributed by atoms with Gasteiger partial charge in [0, 0.05) is 24.2 Å². The Bertz CT molecular complexity index is 1160. The molecular weight excluding hydrogens is 495 g/mol. The van der Waals surface area contributed by atoms with Gasteiger partial charge in [-0.3, -0.25) is 19.3 Å². The first kappa shape index (κ1) is 25.1. The molecule has 10 heteroatoms. The van der Waals surface area contributed by atoms with Crippen molar-refractivity contribution in [1.29, 1.82) is 0 Å². The van der Waals surface area contributed by atoms with E-state index in [9.17, 15) is 18.8 Å². The van der Waals surface area contributed by atoms with Crippen molar-refractivity contribution >= 4 is 46.5 Å². The summed E-state index contributed by atoms with van der Waals surface area (Å²) >= 11 is 6.87. The number of rotatable bonds is 7. The highest BCUT2D eigenvalue weighted by atomic mass is 35.5. The van der Waals surface area contributed by atoms with Crippen LogP contribution in [0.4, 0.5) is 9.18 Å². The van der Waals surface area contributed by atoms with Crippen LogP contribution in [0, 0.1) is 5.82 Å². The average Bonchev–Trinajstić information content (AvgIpc) is 3.12. The minimum atomic E-state index is -0.545. The van der Waals surface area contributed by atoms with E-state index in [-0.39, 0.29) is 40.3 Å². The van der Waals surface area contributed by atoms with Crippen LogP contribution in [0.1, 0.15) is 30.4 Å². The highest BCUT2D eigenvalue weighted by molar-refractivity contribution is 8.18. The Morgan fingerprint density at radius 2 is 1.89 bits per heavy atom. The Morgan fingerprint density at radius 3 is 2.60 bits per heavy atom. The van der Waals surface area contributed by atoms with Crippen molar-refractivity contribution in [3.8, 4) is 11.5 Å². The Hall–Kier alpha value is -3.04. The standard InChI is InChI=1S/C25H24ClFN2O5S/c1-33-20-10-5-7-16(23(20)34-15-17-18(26)8-6-9-19(17)27)13-21-24(31)29(25(32)35-21)14-22(30)28-11-3-2-4-12-28/h5-10,13H,2-4,11-12,14-15H2,1H3/b21-13-. The fourth-order valence-electron chi connectivity index (χ4n) is 3.93. The van der Waals surface area contributed by atoms with Crippen molar-refractivity contribution in [2.24, 2.45) is 0 Å². The normalized spacial score (nSPS) is 17.3. The van der Waals surface area contributed by atoms with Gasteiger partial charge in [0.15, 0.2) is 11.5 Å². The summed E-state index contributed by atoms with van der Waals surface area (Å²) in [7, 11) is 1.46. The molecule has 0 bridgehead atoms. The zero-order chi connectivity index (χ0) is 24.9. The molecule has 2 saturated heterocycles. The lowest BCUT2D eigenvalue weighted by atomic mass is 10.1. The predicted molar refractivity (Wildman–Crippen MR) is 132 cm³/mol. The van der Waals surface area contributed by atoms with Gasteiger partial charge in [-0.05, 0) is 55.3 Å². The molecule has 2 aromatic rings. The summed E-state index contributed by atoms with van der Waals surface area (Å²) in [6, 6.07) is 9.41. The van der Waals surface area contributed by atoms with Gasteiger partial charge in [-0.15, -0.1) is 0 Å². The molecule has 35 heavy (non-hydrogen) atoms. The second-order valence-electron chi connectivity index (χ2n) is 8.08. The fourth-order valence-corrected chi connectivity index (χ4v) is 4.98. The van der Waals surface area contributed by atoms with Crippen LogP contribution in [0.3, 0.4) is 0 Å². The van der Waals surface area contributed by atoms with Gasteiger partial charge < -0.3 is 14.4 Å². The molecule has 2 heterocycles. The summed E-state index contributed by atoms with van der Waals surface area (Å²) in [5.41, 5.74) is 0.646. The first-order valence-electron chi connectivity index (χ1n) is 11.1. The van der Waals surface area contributed by atoms with E-state index in [0.29, 0.717) is 24.4 Å². The van der Waals surface area contributed by atoms with Crippen LogP contribution >= 0.6 is 23.4 Å². The van der Waals surface area contributed by atoms with Crippen LogP contribution in [0.25, 0.3) is 6.08 Å². The number of piperidine rings is 1. The van der Waals surface area contributed by atoms with Gasteiger partial charge in [-0.25, -0.2) is 4.39 Å². The zero-order valence-electron chi connectivity index (χ0n) is 19.1. The summed E-state index contributed by atoms with van der Waals surface area (Å²) in [6.45, 7) is 0.830. The molecule has 0 spiro atoms. The Balaban J connectivity index is 1.55. The lowest BCUT2D eigenvalue weighted by Crippen LogP contribution is -2.44. The summed E-state index contributed by atoms with van der Waals surface area (Å²) in [5.74, 6) is -0.652. The molecule has 0 unspecified atom stereocenters. The molecule has 184 valence electrons. The Labute approximate surface area is 211 Å². The van der Waals surface area contributed by atoms with E-state index in [1.165, 1.54) is 25.3 Å². The van der Waals surface area contributed by atoms with E-state index >= 15 is 0 Å². The number of para-hydroxylation sites is 1. The van der Waals surface area contributed by atoms with Gasteiger partial charge in [0.1, 0.15) is 19.0 Å². The minimum Gasteiger partial charge on any atom is -0.493 e. The first-order chi connectivity index (χ1) is 16.9. The zero-order valence-corrected chi connectivity index (χ0v) is 20.7. The fraction of sp³-hybridized carbons (Fsp3) is 0.320.